The van der Waals surface area contributed by atoms with Crippen LogP contribution in [0.2, 0.25) is 0 Å². The van der Waals surface area contributed by atoms with Crippen LogP contribution in [0.5, 0.6) is 0 Å². The van der Waals surface area contributed by atoms with Crippen LogP contribution in [-0.4, -0.2) is 50.8 Å². The van der Waals surface area contributed by atoms with Crippen molar-refractivity contribution in [2.24, 2.45) is 0 Å². The maximum atomic E-state index is 13.1. The molecule has 3 heterocycles. The van der Waals surface area contributed by atoms with Gasteiger partial charge in [0.25, 0.3) is 5.91 Å². The molecular formula is C23H26N6O4. The van der Waals surface area contributed by atoms with Crippen LogP contribution in [0.3, 0.4) is 0 Å². The van der Waals surface area contributed by atoms with Crippen LogP contribution < -0.4 is 10.6 Å². The predicted molar refractivity (Wildman–Crippen MR) is 123 cm³/mol. The number of nitrogens with zero attached hydrogens (tertiary/aromatic N) is 4. The maximum absolute atomic E-state index is 13.1. The van der Waals surface area contributed by atoms with E-state index in [0.29, 0.717) is 54.3 Å². The zero-order valence-electron chi connectivity index (χ0n) is 18.8. The first-order chi connectivity index (χ1) is 15.9. The minimum Gasteiger partial charge on any atom is -0.465 e. The van der Waals surface area contributed by atoms with Crippen LogP contribution in [-0.2, 0) is 22.6 Å². The number of hydrogen-bond acceptors (Lipinski definition) is 6. The summed E-state index contributed by atoms with van der Waals surface area (Å²) < 4.78 is 8.43. The molecule has 0 aliphatic carbocycles. The molecular weight excluding hydrogens is 424 g/mol. The smallest absolute Gasteiger partial charge is 0.337 e. The number of amides is 2. The molecule has 0 saturated heterocycles. The number of rotatable bonds is 4. The van der Waals surface area contributed by atoms with Crippen LogP contribution in [0.4, 0.5) is 5.95 Å². The number of aryl methyl sites for hydroxylation is 3. The van der Waals surface area contributed by atoms with Gasteiger partial charge in [-0.05, 0) is 38.5 Å². The monoisotopic (exact) mass is 450 g/mol. The molecule has 2 N–H and O–H groups in total. The Hall–Kier alpha value is -3.95. The number of esters is 1. The molecule has 4 rings (SSSR count). The SMILES string of the molecule is CCn1nc(C)cc1C(=O)Nc1nc2cc(C(=O)OC)cc3c2n1CCCNC(=O)C/C=C/3. The molecule has 0 saturated carbocycles. The lowest BCUT2D eigenvalue weighted by Crippen LogP contribution is -2.24. The number of imidazole rings is 1. The molecule has 2 aromatic heterocycles. The van der Waals surface area contributed by atoms with Gasteiger partial charge in [-0.25, -0.2) is 9.78 Å². The molecule has 3 aromatic rings. The van der Waals surface area contributed by atoms with E-state index in [1.54, 1.807) is 35.0 Å². The molecule has 0 atom stereocenters. The Labute approximate surface area is 190 Å². The molecule has 172 valence electrons. The first-order valence-electron chi connectivity index (χ1n) is 10.8. The lowest BCUT2D eigenvalue weighted by molar-refractivity contribution is -0.120. The lowest BCUT2D eigenvalue weighted by atomic mass is 10.1. The summed E-state index contributed by atoms with van der Waals surface area (Å²) >= 11 is 0. The normalized spacial score (nSPS) is 14.9. The number of carbonyl (C=O) groups is 3. The number of carbonyl (C=O) groups excluding carboxylic acids is 3. The number of anilines is 1. The highest BCUT2D eigenvalue weighted by Gasteiger charge is 2.21. The number of nitrogens with one attached hydrogen (secondary N) is 2. The zero-order valence-corrected chi connectivity index (χ0v) is 18.8. The molecule has 1 aliphatic rings. The summed E-state index contributed by atoms with van der Waals surface area (Å²) in [7, 11) is 1.32. The maximum Gasteiger partial charge on any atom is 0.337 e. The molecule has 1 aliphatic heterocycles. The fourth-order valence-corrected chi connectivity index (χ4v) is 3.94. The Morgan fingerprint density at radius 1 is 1.27 bits per heavy atom. The van der Waals surface area contributed by atoms with Crippen molar-refractivity contribution < 1.29 is 19.1 Å². The van der Waals surface area contributed by atoms with Gasteiger partial charge < -0.3 is 14.6 Å². The summed E-state index contributed by atoms with van der Waals surface area (Å²) in [5.41, 5.74) is 3.56. The van der Waals surface area contributed by atoms with Crippen molar-refractivity contribution in [2.75, 3.05) is 19.0 Å². The number of methoxy groups -OCH3 is 1. The first kappa shape index (κ1) is 22.3. The van der Waals surface area contributed by atoms with Gasteiger partial charge in [0, 0.05) is 31.6 Å². The average molecular weight is 450 g/mol. The van der Waals surface area contributed by atoms with Gasteiger partial charge >= 0.3 is 5.97 Å². The fourth-order valence-electron chi connectivity index (χ4n) is 3.94. The van der Waals surface area contributed by atoms with Gasteiger partial charge in [0.05, 0.1) is 29.4 Å². The van der Waals surface area contributed by atoms with Gasteiger partial charge in [-0.3, -0.25) is 19.6 Å². The van der Waals surface area contributed by atoms with E-state index < -0.39 is 5.97 Å². The molecule has 0 unspecified atom stereocenters. The van der Waals surface area contributed by atoms with Gasteiger partial charge in [-0.15, -0.1) is 0 Å². The van der Waals surface area contributed by atoms with Crippen molar-refractivity contribution in [2.45, 2.75) is 39.8 Å². The number of ether oxygens (including phenoxy) is 1. The molecule has 10 nitrogen and oxygen atoms in total. The predicted octanol–water partition coefficient (Wildman–Crippen LogP) is 2.52. The third-order valence-corrected chi connectivity index (χ3v) is 5.43. The number of hydrogen-bond donors (Lipinski definition) is 2. The van der Waals surface area contributed by atoms with Crippen molar-refractivity contribution in [3.63, 3.8) is 0 Å². The zero-order chi connectivity index (χ0) is 23.5. The molecule has 2 amide bonds. The molecule has 1 aromatic carbocycles. The lowest BCUT2D eigenvalue weighted by Gasteiger charge is -2.12. The Morgan fingerprint density at radius 3 is 2.85 bits per heavy atom. The van der Waals surface area contributed by atoms with Crippen molar-refractivity contribution in [3.8, 4) is 0 Å². The van der Waals surface area contributed by atoms with E-state index in [2.05, 4.69) is 20.7 Å². The van der Waals surface area contributed by atoms with E-state index in [1.165, 1.54) is 7.11 Å². The van der Waals surface area contributed by atoms with Gasteiger partial charge in [0.2, 0.25) is 11.9 Å². The minimum atomic E-state index is -0.490. The van der Waals surface area contributed by atoms with Crippen LogP contribution in [0.1, 0.15) is 51.9 Å². The highest BCUT2D eigenvalue weighted by Crippen LogP contribution is 2.28. The van der Waals surface area contributed by atoms with Gasteiger partial charge in [0.1, 0.15) is 5.69 Å². The van der Waals surface area contributed by atoms with E-state index in [4.69, 9.17) is 4.74 Å². The highest BCUT2D eigenvalue weighted by molar-refractivity contribution is 6.04. The topological polar surface area (TPSA) is 120 Å². The number of aromatic nitrogens is 4. The highest BCUT2D eigenvalue weighted by atomic mass is 16.5. The van der Waals surface area contributed by atoms with Gasteiger partial charge in [-0.1, -0.05) is 12.2 Å². The van der Waals surface area contributed by atoms with E-state index in [9.17, 15) is 14.4 Å². The molecule has 33 heavy (non-hydrogen) atoms. The third-order valence-electron chi connectivity index (χ3n) is 5.43. The van der Waals surface area contributed by atoms with Crippen LogP contribution >= 0.6 is 0 Å². The van der Waals surface area contributed by atoms with E-state index in [1.807, 2.05) is 18.4 Å². The minimum absolute atomic E-state index is 0.0759. The van der Waals surface area contributed by atoms with Gasteiger partial charge in [0.15, 0.2) is 0 Å². The van der Waals surface area contributed by atoms with Crippen LogP contribution in [0.15, 0.2) is 24.3 Å². The Kier molecular flexibility index (Phi) is 6.25. The van der Waals surface area contributed by atoms with E-state index in [-0.39, 0.29) is 18.2 Å². The standard InChI is InChI=1S/C23H26N6O4/c1-4-29-18(11-14(2)27-29)21(31)26-23-25-17-13-16(22(32)33-3)12-15-7-5-8-19(30)24-9-6-10-28(23)20(15)17/h5,7,11-13H,4,6,8-10H2,1-3H3,(H,24,30)(H,25,26,31)/b7-5+. The van der Waals surface area contributed by atoms with Gasteiger partial charge in [-0.2, -0.15) is 5.10 Å². The Morgan fingerprint density at radius 2 is 2.09 bits per heavy atom. The Balaban J connectivity index is 1.83. The molecule has 0 radical (unpaired) electrons. The second-order valence-corrected chi connectivity index (χ2v) is 7.76. The molecule has 0 fully saturated rings. The Bertz CT molecular complexity index is 1270. The summed E-state index contributed by atoms with van der Waals surface area (Å²) in [6, 6.07) is 5.08. The van der Waals surface area contributed by atoms with Crippen molar-refractivity contribution in [1.82, 2.24) is 24.6 Å². The average Bonchev–Trinajstić information content (AvgIpc) is 3.34. The molecule has 10 heteroatoms. The van der Waals surface area contributed by atoms with Crippen LogP contribution in [0.25, 0.3) is 17.1 Å². The van der Waals surface area contributed by atoms with Crippen molar-refractivity contribution >= 4 is 40.8 Å². The second kappa shape index (κ2) is 9.27. The third kappa shape index (κ3) is 4.50. The first-order valence-corrected chi connectivity index (χ1v) is 10.8. The van der Waals surface area contributed by atoms with Crippen molar-refractivity contribution in [3.05, 3.63) is 46.8 Å². The summed E-state index contributed by atoms with van der Waals surface area (Å²) in [5, 5.41) is 10.1. The van der Waals surface area contributed by atoms with Crippen molar-refractivity contribution in [1.29, 1.82) is 0 Å². The van der Waals surface area contributed by atoms with Crippen LogP contribution in [0, 0.1) is 6.92 Å². The molecule has 0 bridgehead atoms. The summed E-state index contributed by atoms with van der Waals surface area (Å²) in [6.07, 6.45) is 4.40. The fraction of sp³-hybridized carbons (Fsp3) is 0.348. The largest absolute Gasteiger partial charge is 0.465 e. The van der Waals surface area contributed by atoms with E-state index >= 15 is 0 Å². The summed E-state index contributed by atoms with van der Waals surface area (Å²) in [6.45, 7) is 5.32. The van der Waals surface area contributed by atoms with E-state index in [0.717, 1.165) is 11.2 Å². The molecule has 0 spiro atoms. The summed E-state index contributed by atoms with van der Waals surface area (Å²) in [4.78, 5) is 42.0. The second-order valence-electron chi connectivity index (χ2n) is 7.76. The quantitative estimate of drug-likeness (QED) is 0.590. The summed E-state index contributed by atoms with van der Waals surface area (Å²) in [5.74, 6) is -0.528. The number of benzene rings is 1.